The largest absolute Gasteiger partial charge is 0.145 e. The van der Waals surface area contributed by atoms with Crippen molar-refractivity contribution in [1.82, 2.24) is 0 Å². The van der Waals surface area contributed by atoms with Crippen molar-refractivity contribution >= 4 is 11.3 Å². The first-order valence-electron chi connectivity index (χ1n) is 3.99. The fourth-order valence-corrected chi connectivity index (χ4v) is 2.03. The predicted molar refractivity (Wildman–Crippen MR) is 52.5 cm³/mol. The summed E-state index contributed by atoms with van der Waals surface area (Å²) in [5.74, 6) is 0. The van der Waals surface area contributed by atoms with Crippen molar-refractivity contribution in [3.63, 3.8) is 0 Å². The molecule has 1 rings (SSSR count). The summed E-state index contributed by atoms with van der Waals surface area (Å²) in [5.41, 5.74) is 1.75. The van der Waals surface area contributed by atoms with Crippen molar-refractivity contribution in [1.29, 1.82) is 0 Å². The number of hydrogen-bond acceptors (Lipinski definition) is 1. The maximum Gasteiger partial charge on any atom is 0.0104 e. The van der Waals surface area contributed by atoms with Gasteiger partial charge in [0.15, 0.2) is 0 Å². The Hall–Kier alpha value is -0.300. The van der Waals surface area contributed by atoms with Gasteiger partial charge in [0.2, 0.25) is 0 Å². The van der Waals surface area contributed by atoms with Crippen LogP contribution in [0.4, 0.5) is 0 Å². The summed E-state index contributed by atoms with van der Waals surface area (Å²) in [7, 11) is 0. The molecule has 0 bridgehead atoms. The zero-order chi connectivity index (χ0) is 8.65. The van der Waals surface area contributed by atoms with Crippen LogP contribution >= 0.6 is 11.3 Å². The van der Waals surface area contributed by atoms with Crippen LogP contribution in [-0.2, 0) is 5.41 Å². The number of hydrogen-bond donors (Lipinski definition) is 0. The van der Waals surface area contributed by atoms with Gasteiger partial charge in [-0.25, -0.2) is 0 Å². The molecule has 0 radical (unpaired) electrons. The number of aryl methyl sites for hydroxylation is 2. The molecule has 0 fully saturated rings. The van der Waals surface area contributed by atoms with Crippen LogP contribution in [0.1, 0.15) is 36.1 Å². The summed E-state index contributed by atoms with van der Waals surface area (Å²) < 4.78 is 0. The van der Waals surface area contributed by atoms with E-state index in [1.54, 1.807) is 0 Å². The number of rotatable bonds is 0. The number of thiophene rings is 1. The first kappa shape index (κ1) is 8.79. The van der Waals surface area contributed by atoms with E-state index >= 15 is 0 Å². The molecule has 0 aliphatic heterocycles. The van der Waals surface area contributed by atoms with E-state index in [0.717, 1.165) is 0 Å². The molecule has 11 heavy (non-hydrogen) atoms. The fraction of sp³-hybridized carbons (Fsp3) is 0.600. The lowest BCUT2D eigenvalue weighted by Crippen LogP contribution is -2.07. The molecule has 0 saturated carbocycles. The normalized spacial score (nSPS) is 12.1. The van der Waals surface area contributed by atoms with E-state index in [2.05, 4.69) is 40.7 Å². The molecule has 0 nitrogen and oxygen atoms in total. The molecule has 1 heterocycles. The van der Waals surface area contributed by atoms with Crippen molar-refractivity contribution in [3.05, 3.63) is 21.4 Å². The second-order valence-corrected chi connectivity index (χ2v) is 5.36. The molecule has 0 amide bonds. The van der Waals surface area contributed by atoms with E-state index in [0.29, 0.717) is 5.41 Å². The smallest absolute Gasteiger partial charge is 0.0104 e. The Bertz CT molecular complexity index is 231. The van der Waals surface area contributed by atoms with E-state index < -0.39 is 0 Å². The zero-order valence-corrected chi connectivity index (χ0v) is 8.80. The van der Waals surface area contributed by atoms with Crippen LogP contribution < -0.4 is 0 Å². The van der Waals surface area contributed by atoms with Crippen molar-refractivity contribution in [2.45, 2.75) is 40.0 Å². The summed E-state index contributed by atoms with van der Waals surface area (Å²) >= 11 is 1.92. The lowest BCUT2D eigenvalue weighted by Gasteiger charge is -2.15. The highest BCUT2D eigenvalue weighted by Gasteiger charge is 2.16. The summed E-state index contributed by atoms with van der Waals surface area (Å²) in [6.45, 7) is 11.2. The Balaban J connectivity index is 3.08. The Morgan fingerprint density at radius 3 is 1.91 bits per heavy atom. The third-order valence-electron chi connectivity index (χ3n) is 1.91. The van der Waals surface area contributed by atoms with Crippen LogP contribution in [0.2, 0.25) is 0 Å². The van der Waals surface area contributed by atoms with Gasteiger partial charge >= 0.3 is 0 Å². The van der Waals surface area contributed by atoms with Gasteiger partial charge in [-0.1, -0.05) is 20.8 Å². The molecule has 1 aromatic heterocycles. The highest BCUT2D eigenvalue weighted by Crippen LogP contribution is 2.31. The molecule has 1 heteroatoms. The molecule has 0 saturated heterocycles. The highest BCUT2D eigenvalue weighted by atomic mass is 32.1. The van der Waals surface area contributed by atoms with Crippen LogP contribution in [0.3, 0.4) is 0 Å². The quantitative estimate of drug-likeness (QED) is 0.554. The van der Waals surface area contributed by atoms with Gasteiger partial charge in [-0.3, -0.25) is 0 Å². The maximum atomic E-state index is 2.31. The minimum atomic E-state index is 0.323. The topological polar surface area (TPSA) is 0 Å². The second-order valence-electron chi connectivity index (χ2n) is 4.10. The van der Waals surface area contributed by atoms with Gasteiger partial charge in [-0.15, -0.1) is 11.3 Å². The first-order valence-corrected chi connectivity index (χ1v) is 4.80. The van der Waals surface area contributed by atoms with Crippen molar-refractivity contribution < 1.29 is 0 Å². The van der Waals surface area contributed by atoms with Gasteiger partial charge in [0.05, 0.1) is 0 Å². The Morgan fingerprint density at radius 2 is 1.73 bits per heavy atom. The summed E-state index contributed by atoms with van der Waals surface area (Å²) in [4.78, 5) is 2.95. The van der Waals surface area contributed by atoms with Gasteiger partial charge in [0.1, 0.15) is 0 Å². The summed E-state index contributed by atoms with van der Waals surface area (Å²) in [5, 5.41) is 0. The van der Waals surface area contributed by atoms with Crippen molar-refractivity contribution in [2.24, 2.45) is 0 Å². The molecule has 0 atom stereocenters. The van der Waals surface area contributed by atoms with Crippen LogP contribution in [0.15, 0.2) is 6.07 Å². The zero-order valence-electron chi connectivity index (χ0n) is 7.99. The fourth-order valence-electron chi connectivity index (χ4n) is 0.943. The van der Waals surface area contributed by atoms with Gasteiger partial charge in [0.25, 0.3) is 0 Å². The third kappa shape index (κ3) is 1.84. The average molecular weight is 168 g/mol. The van der Waals surface area contributed by atoms with Gasteiger partial charge in [0, 0.05) is 9.75 Å². The van der Waals surface area contributed by atoms with E-state index in [4.69, 9.17) is 0 Å². The lowest BCUT2D eigenvalue weighted by atomic mass is 9.94. The van der Waals surface area contributed by atoms with Crippen LogP contribution in [0.5, 0.6) is 0 Å². The molecule has 0 spiro atoms. The molecule has 0 aliphatic rings. The van der Waals surface area contributed by atoms with Crippen LogP contribution in [-0.4, -0.2) is 0 Å². The SMILES string of the molecule is Cc1cc(C(C)(C)C)sc1C. The van der Waals surface area contributed by atoms with Gasteiger partial charge in [-0.05, 0) is 30.9 Å². The maximum absolute atomic E-state index is 2.31. The molecule has 1 aromatic rings. The molecular formula is C10H16S. The molecule has 62 valence electrons. The van der Waals surface area contributed by atoms with Gasteiger partial charge < -0.3 is 0 Å². The lowest BCUT2D eigenvalue weighted by molar-refractivity contribution is 0.603. The average Bonchev–Trinajstić information content (AvgIpc) is 2.11. The van der Waals surface area contributed by atoms with Crippen LogP contribution in [0.25, 0.3) is 0 Å². The Labute approximate surface area is 73.3 Å². The van der Waals surface area contributed by atoms with Crippen molar-refractivity contribution in [2.75, 3.05) is 0 Å². The van der Waals surface area contributed by atoms with E-state index in [1.165, 1.54) is 15.3 Å². The molecule has 0 unspecified atom stereocenters. The van der Waals surface area contributed by atoms with Gasteiger partial charge in [-0.2, -0.15) is 0 Å². The summed E-state index contributed by atoms with van der Waals surface area (Å²) in [6.07, 6.45) is 0. The monoisotopic (exact) mass is 168 g/mol. The molecule has 0 aliphatic carbocycles. The third-order valence-corrected chi connectivity index (χ3v) is 3.48. The minimum Gasteiger partial charge on any atom is -0.145 e. The molecule has 0 N–H and O–H groups in total. The van der Waals surface area contributed by atoms with E-state index in [9.17, 15) is 0 Å². The first-order chi connectivity index (χ1) is 4.91. The molecular weight excluding hydrogens is 152 g/mol. The van der Waals surface area contributed by atoms with Crippen molar-refractivity contribution in [3.8, 4) is 0 Å². The molecule has 0 aromatic carbocycles. The van der Waals surface area contributed by atoms with Crippen LogP contribution in [0, 0.1) is 13.8 Å². The second kappa shape index (κ2) is 2.63. The standard InChI is InChI=1S/C10H16S/c1-7-6-9(10(3,4)5)11-8(7)2/h6H,1-5H3. The van der Waals surface area contributed by atoms with E-state index in [1.807, 2.05) is 11.3 Å². The Morgan fingerprint density at radius 1 is 1.18 bits per heavy atom. The summed E-state index contributed by atoms with van der Waals surface area (Å²) in [6, 6.07) is 2.31. The predicted octanol–water partition coefficient (Wildman–Crippen LogP) is 3.66. The highest BCUT2D eigenvalue weighted by molar-refractivity contribution is 7.12. The van der Waals surface area contributed by atoms with E-state index in [-0.39, 0.29) is 0 Å². The minimum absolute atomic E-state index is 0.323. The Kier molecular flexibility index (Phi) is 2.10.